The molecule has 7 heteroatoms. The highest BCUT2D eigenvalue weighted by Gasteiger charge is 2.19. The number of carbonyl (C=O) groups excluding carboxylic acids is 2. The Morgan fingerprint density at radius 1 is 1.45 bits per heavy atom. The van der Waals surface area contributed by atoms with Crippen molar-refractivity contribution in [3.63, 3.8) is 0 Å². The van der Waals surface area contributed by atoms with Crippen LogP contribution in [0.3, 0.4) is 0 Å². The Hall–Kier alpha value is -2.31. The van der Waals surface area contributed by atoms with E-state index in [1.165, 1.54) is 12.3 Å². The molecule has 1 aromatic rings. The van der Waals surface area contributed by atoms with E-state index in [0.29, 0.717) is 18.1 Å². The van der Waals surface area contributed by atoms with Gasteiger partial charge in [-0.3, -0.25) is 4.79 Å². The van der Waals surface area contributed by atoms with Gasteiger partial charge in [-0.15, -0.1) is 0 Å². The van der Waals surface area contributed by atoms with Crippen LogP contribution >= 0.6 is 0 Å². The first-order chi connectivity index (χ1) is 9.49. The van der Waals surface area contributed by atoms with E-state index in [0.717, 1.165) is 0 Å². The molecule has 3 N–H and O–H groups in total. The maximum atomic E-state index is 11.9. The number of ether oxygens (including phenoxy) is 1. The van der Waals surface area contributed by atoms with Gasteiger partial charge in [0.1, 0.15) is 11.4 Å². The molecule has 0 radical (unpaired) electrons. The molecule has 110 valence electrons. The van der Waals surface area contributed by atoms with E-state index in [9.17, 15) is 9.59 Å². The first-order valence-corrected chi connectivity index (χ1v) is 6.40. The number of pyridine rings is 1. The minimum absolute atomic E-state index is 0.0944. The number of hydrogen-bond acceptors (Lipinski definition) is 6. The second kappa shape index (κ2) is 7.32. The van der Waals surface area contributed by atoms with Crippen LogP contribution < -0.4 is 16.0 Å². The monoisotopic (exact) mass is 280 g/mol. The van der Waals surface area contributed by atoms with Crippen LogP contribution in [0, 0.1) is 0 Å². The van der Waals surface area contributed by atoms with E-state index in [2.05, 4.69) is 10.3 Å². The Balaban J connectivity index is 2.98. The van der Waals surface area contributed by atoms with E-state index in [1.54, 1.807) is 18.9 Å². The maximum Gasteiger partial charge on any atom is 0.341 e. The molecule has 0 saturated carbocycles. The number of anilines is 2. The van der Waals surface area contributed by atoms with Crippen molar-refractivity contribution in [1.82, 2.24) is 10.3 Å². The lowest BCUT2D eigenvalue weighted by molar-refractivity contribution is -0.119. The lowest BCUT2D eigenvalue weighted by Crippen LogP contribution is -2.36. The summed E-state index contributed by atoms with van der Waals surface area (Å²) in [5, 5.41) is 2.68. The number of nitrogens with one attached hydrogen (secondary N) is 1. The second-order valence-corrected chi connectivity index (χ2v) is 4.17. The Kier molecular flexibility index (Phi) is 5.76. The van der Waals surface area contributed by atoms with Gasteiger partial charge in [-0.1, -0.05) is 0 Å². The van der Waals surface area contributed by atoms with Crippen molar-refractivity contribution >= 4 is 23.4 Å². The fraction of sp³-hybridized carbons (Fsp3) is 0.462. The molecule has 0 aliphatic heterocycles. The molecule has 0 bridgehead atoms. The van der Waals surface area contributed by atoms with E-state index >= 15 is 0 Å². The minimum Gasteiger partial charge on any atom is -0.462 e. The van der Waals surface area contributed by atoms with Crippen LogP contribution in [0.4, 0.5) is 11.5 Å². The van der Waals surface area contributed by atoms with Crippen LogP contribution in [-0.2, 0) is 9.53 Å². The van der Waals surface area contributed by atoms with Crippen molar-refractivity contribution in [1.29, 1.82) is 0 Å². The zero-order valence-electron chi connectivity index (χ0n) is 12.0. The number of esters is 1. The van der Waals surface area contributed by atoms with Crippen LogP contribution in [-0.4, -0.2) is 43.6 Å². The molecular weight excluding hydrogens is 260 g/mol. The van der Waals surface area contributed by atoms with Crippen LogP contribution in [0.2, 0.25) is 0 Å². The van der Waals surface area contributed by atoms with Crippen molar-refractivity contribution in [3.8, 4) is 0 Å². The number of nitrogens with two attached hydrogens (primary N) is 1. The zero-order valence-corrected chi connectivity index (χ0v) is 12.0. The Labute approximate surface area is 118 Å². The predicted molar refractivity (Wildman–Crippen MR) is 76.6 cm³/mol. The van der Waals surface area contributed by atoms with Crippen molar-refractivity contribution < 1.29 is 14.3 Å². The van der Waals surface area contributed by atoms with Crippen LogP contribution in [0.5, 0.6) is 0 Å². The number of aromatic nitrogens is 1. The van der Waals surface area contributed by atoms with Crippen LogP contribution in [0.1, 0.15) is 24.2 Å². The quantitative estimate of drug-likeness (QED) is 0.733. The standard InChI is InChI=1S/C13H20N4O3/c1-4-15-11(18)8-17(3)12-10(13(19)20-5-2)6-9(14)7-16-12/h6-7H,4-5,8,14H2,1-3H3,(H,15,18). The summed E-state index contributed by atoms with van der Waals surface area (Å²) in [5.41, 5.74) is 6.26. The van der Waals surface area contributed by atoms with Gasteiger partial charge in [-0.2, -0.15) is 0 Å². The highest BCUT2D eigenvalue weighted by atomic mass is 16.5. The van der Waals surface area contributed by atoms with E-state index in [1.807, 2.05) is 6.92 Å². The number of nitrogens with zero attached hydrogens (tertiary/aromatic N) is 2. The molecule has 0 aliphatic carbocycles. The van der Waals surface area contributed by atoms with Gasteiger partial charge in [0.05, 0.1) is 25.0 Å². The SMILES string of the molecule is CCNC(=O)CN(C)c1ncc(N)cc1C(=O)OCC. The van der Waals surface area contributed by atoms with Crippen molar-refractivity contribution in [2.75, 3.05) is 37.4 Å². The largest absolute Gasteiger partial charge is 0.462 e. The smallest absolute Gasteiger partial charge is 0.341 e. The molecule has 0 unspecified atom stereocenters. The number of amides is 1. The Bertz CT molecular complexity index is 491. The van der Waals surface area contributed by atoms with Crippen molar-refractivity contribution in [2.45, 2.75) is 13.8 Å². The number of hydrogen-bond donors (Lipinski definition) is 2. The van der Waals surface area contributed by atoms with Crippen LogP contribution in [0.25, 0.3) is 0 Å². The highest BCUT2D eigenvalue weighted by Crippen LogP contribution is 2.19. The molecule has 0 aromatic carbocycles. The summed E-state index contributed by atoms with van der Waals surface area (Å²) >= 11 is 0. The topological polar surface area (TPSA) is 97.5 Å². The lowest BCUT2D eigenvalue weighted by atomic mass is 10.2. The van der Waals surface area contributed by atoms with Gasteiger partial charge >= 0.3 is 5.97 Å². The molecule has 0 saturated heterocycles. The number of rotatable bonds is 6. The summed E-state index contributed by atoms with van der Waals surface area (Å²) in [5.74, 6) is -0.294. The second-order valence-electron chi connectivity index (χ2n) is 4.17. The molecule has 1 amide bonds. The fourth-order valence-corrected chi connectivity index (χ4v) is 1.68. The van der Waals surface area contributed by atoms with Gasteiger partial charge in [-0.25, -0.2) is 9.78 Å². The lowest BCUT2D eigenvalue weighted by Gasteiger charge is -2.20. The molecule has 1 heterocycles. The molecule has 20 heavy (non-hydrogen) atoms. The minimum atomic E-state index is -0.509. The fourth-order valence-electron chi connectivity index (χ4n) is 1.68. The van der Waals surface area contributed by atoms with Crippen molar-refractivity contribution in [2.24, 2.45) is 0 Å². The van der Waals surface area contributed by atoms with Gasteiger partial charge in [0.15, 0.2) is 0 Å². The molecule has 0 aliphatic rings. The summed E-state index contributed by atoms with van der Waals surface area (Å²) in [7, 11) is 1.68. The third-order valence-electron chi connectivity index (χ3n) is 2.50. The van der Waals surface area contributed by atoms with E-state index in [-0.39, 0.29) is 24.6 Å². The normalized spacial score (nSPS) is 9.95. The number of carbonyl (C=O) groups is 2. The van der Waals surface area contributed by atoms with Crippen molar-refractivity contribution in [3.05, 3.63) is 17.8 Å². The number of likely N-dealkylation sites (N-methyl/N-ethyl adjacent to an activating group) is 2. The Morgan fingerprint density at radius 2 is 2.15 bits per heavy atom. The van der Waals surface area contributed by atoms with Gasteiger partial charge < -0.3 is 20.7 Å². The summed E-state index contributed by atoms with van der Waals surface area (Å²) < 4.78 is 4.96. The molecule has 0 fully saturated rings. The van der Waals surface area contributed by atoms with Gasteiger partial charge in [-0.05, 0) is 19.9 Å². The number of nitrogen functional groups attached to an aromatic ring is 1. The highest BCUT2D eigenvalue weighted by molar-refractivity contribution is 5.96. The van der Waals surface area contributed by atoms with Gasteiger partial charge in [0.2, 0.25) is 5.91 Å². The molecule has 0 spiro atoms. The average Bonchev–Trinajstić information content (AvgIpc) is 2.38. The zero-order chi connectivity index (χ0) is 15.1. The first kappa shape index (κ1) is 15.7. The van der Waals surface area contributed by atoms with Gasteiger partial charge in [0.25, 0.3) is 0 Å². The third-order valence-corrected chi connectivity index (χ3v) is 2.50. The van der Waals surface area contributed by atoms with Gasteiger partial charge in [0, 0.05) is 13.6 Å². The Morgan fingerprint density at radius 3 is 2.75 bits per heavy atom. The van der Waals surface area contributed by atoms with E-state index < -0.39 is 5.97 Å². The molecule has 0 atom stereocenters. The van der Waals surface area contributed by atoms with Crippen LogP contribution in [0.15, 0.2) is 12.3 Å². The van der Waals surface area contributed by atoms with E-state index in [4.69, 9.17) is 10.5 Å². The molecular formula is C13H20N4O3. The third kappa shape index (κ3) is 4.11. The average molecular weight is 280 g/mol. The molecule has 1 aromatic heterocycles. The summed E-state index contributed by atoms with van der Waals surface area (Å²) in [4.78, 5) is 29.2. The first-order valence-electron chi connectivity index (χ1n) is 6.40. The maximum absolute atomic E-state index is 11.9. The predicted octanol–water partition coefficient (Wildman–Crippen LogP) is 0.413. The summed E-state index contributed by atoms with van der Waals surface area (Å²) in [6, 6.07) is 1.49. The molecule has 1 rings (SSSR count). The molecule has 7 nitrogen and oxygen atoms in total. The summed E-state index contributed by atoms with van der Waals surface area (Å²) in [6.45, 7) is 4.45. The summed E-state index contributed by atoms with van der Waals surface area (Å²) in [6.07, 6.45) is 1.44.